The number of benzene rings is 1. The first kappa shape index (κ1) is 34.7. The van der Waals surface area contributed by atoms with Crippen molar-refractivity contribution in [2.75, 3.05) is 5.32 Å². The van der Waals surface area contributed by atoms with Crippen LogP contribution in [0.2, 0.25) is 0 Å². The zero-order valence-electron chi connectivity index (χ0n) is 14.8. The van der Waals surface area contributed by atoms with Gasteiger partial charge in [-0.25, -0.2) is 9.78 Å². The number of nitrogens with one attached hydrogen (secondary N) is 1. The molecule has 18 heteroatoms. The quantitative estimate of drug-likeness (QED) is 0.203. The molecule has 0 fully saturated rings. The predicted octanol–water partition coefficient (Wildman–Crippen LogP) is 0.953. The summed E-state index contributed by atoms with van der Waals surface area (Å²) in [5, 5.41) is 20.9. The van der Waals surface area contributed by atoms with E-state index in [2.05, 4.69) is 15.2 Å². The maximum absolute atomic E-state index is 11.8. The van der Waals surface area contributed by atoms with E-state index in [9.17, 15) is 35.8 Å². The minimum atomic E-state index is -5.37. The van der Waals surface area contributed by atoms with Crippen molar-refractivity contribution in [3.8, 4) is 0 Å². The Labute approximate surface area is 255 Å². The topological polar surface area (TPSA) is 196 Å². The summed E-state index contributed by atoms with van der Waals surface area (Å²) in [4.78, 5) is 15.4. The van der Waals surface area contributed by atoms with Gasteiger partial charge in [0.25, 0.3) is 4.20 Å². The molecule has 0 aliphatic rings. The molecular formula is C14H19N4Na3O8S3. The molecule has 0 bridgehead atoms. The predicted molar refractivity (Wildman–Crippen MR) is 125 cm³/mol. The third kappa shape index (κ3) is 8.34. The number of azo groups is 1. The van der Waals surface area contributed by atoms with Gasteiger partial charge in [-0.05, 0) is 18.2 Å². The average Bonchev–Trinajstić information content (AvgIpc) is 3.11. The van der Waals surface area contributed by atoms with Crippen molar-refractivity contribution in [1.82, 2.24) is 4.98 Å². The van der Waals surface area contributed by atoms with Crippen molar-refractivity contribution >= 4 is 143 Å². The zero-order valence-corrected chi connectivity index (χ0v) is 17.2. The SMILES string of the molecule is CCCC(Nc1ccc(/N=N/c2nccs2)c(C(=O)O)c1)(S(=O)(=O)O)S(=O)(=O)O.[NaH].[NaH].[NaH]. The van der Waals surface area contributed by atoms with Gasteiger partial charge >= 0.3 is 115 Å². The van der Waals surface area contributed by atoms with Crippen LogP contribution in [0.25, 0.3) is 0 Å². The zero-order chi connectivity index (χ0) is 21.9. The first-order valence-corrected chi connectivity index (χ1v) is 11.6. The summed E-state index contributed by atoms with van der Waals surface area (Å²) in [6, 6.07) is 3.18. The molecule has 164 valence electrons. The Morgan fingerprint density at radius 3 is 2.16 bits per heavy atom. The molecule has 0 amide bonds. The van der Waals surface area contributed by atoms with Crippen molar-refractivity contribution in [3.05, 3.63) is 35.3 Å². The molecule has 32 heavy (non-hydrogen) atoms. The summed E-state index contributed by atoms with van der Waals surface area (Å²) >= 11 is 1.16. The Hall–Kier alpha value is 0.540. The molecule has 0 radical (unpaired) electrons. The van der Waals surface area contributed by atoms with Crippen molar-refractivity contribution in [2.24, 2.45) is 10.2 Å². The van der Waals surface area contributed by atoms with Crippen LogP contribution >= 0.6 is 11.3 Å². The molecular weight excluding hydrogens is 517 g/mol. The monoisotopic (exact) mass is 536 g/mol. The van der Waals surface area contributed by atoms with E-state index in [1.165, 1.54) is 13.1 Å². The first-order chi connectivity index (χ1) is 13.4. The van der Waals surface area contributed by atoms with Crippen LogP contribution in [0, 0.1) is 0 Å². The van der Waals surface area contributed by atoms with Gasteiger partial charge in [0.15, 0.2) is 0 Å². The molecule has 0 aliphatic heterocycles. The van der Waals surface area contributed by atoms with E-state index in [-0.39, 0.29) is 112 Å². The number of thiazole rings is 1. The Morgan fingerprint density at radius 1 is 1.12 bits per heavy atom. The fraction of sp³-hybridized carbons (Fsp3) is 0.286. The van der Waals surface area contributed by atoms with Gasteiger partial charge in [0.1, 0.15) is 5.69 Å². The van der Waals surface area contributed by atoms with Crippen LogP contribution in [0.3, 0.4) is 0 Å². The molecule has 2 rings (SSSR count). The normalized spacial score (nSPS) is 11.7. The van der Waals surface area contributed by atoms with Crippen molar-refractivity contribution in [3.63, 3.8) is 0 Å². The molecule has 0 atom stereocenters. The van der Waals surface area contributed by atoms with Crippen molar-refractivity contribution in [1.29, 1.82) is 0 Å². The Morgan fingerprint density at radius 2 is 1.72 bits per heavy atom. The fourth-order valence-electron chi connectivity index (χ4n) is 2.37. The van der Waals surface area contributed by atoms with Gasteiger partial charge in [0.05, 0.1) is 5.56 Å². The molecule has 1 aromatic heterocycles. The summed E-state index contributed by atoms with van der Waals surface area (Å²) in [6.45, 7) is 1.43. The summed E-state index contributed by atoms with van der Waals surface area (Å²) in [7, 11) is -10.7. The van der Waals surface area contributed by atoms with E-state index in [4.69, 9.17) is 0 Å². The van der Waals surface area contributed by atoms with E-state index in [0.29, 0.717) is 0 Å². The van der Waals surface area contributed by atoms with E-state index >= 15 is 0 Å². The van der Waals surface area contributed by atoms with Crippen LogP contribution in [-0.2, 0) is 20.2 Å². The van der Waals surface area contributed by atoms with E-state index in [0.717, 1.165) is 29.5 Å². The average molecular weight is 536 g/mol. The van der Waals surface area contributed by atoms with Crippen LogP contribution in [0.15, 0.2) is 40.0 Å². The molecule has 0 aliphatic carbocycles. The van der Waals surface area contributed by atoms with E-state index < -0.39 is 42.4 Å². The van der Waals surface area contributed by atoms with E-state index in [1.54, 1.807) is 5.38 Å². The number of carboxylic acid groups (broad SMARTS) is 1. The van der Waals surface area contributed by atoms with Gasteiger partial charge in [0.2, 0.25) is 5.13 Å². The van der Waals surface area contributed by atoms with Crippen LogP contribution < -0.4 is 5.32 Å². The van der Waals surface area contributed by atoms with Crippen molar-refractivity contribution < 1.29 is 35.8 Å². The van der Waals surface area contributed by atoms with Gasteiger partial charge < -0.3 is 10.4 Å². The fourth-order valence-corrected chi connectivity index (χ4v) is 5.30. The van der Waals surface area contributed by atoms with E-state index in [1.807, 2.05) is 5.32 Å². The van der Waals surface area contributed by atoms with Crippen LogP contribution in [-0.4, -0.2) is 135 Å². The first-order valence-electron chi connectivity index (χ1n) is 7.82. The van der Waals surface area contributed by atoms with Crippen LogP contribution in [0.5, 0.6) is 0 Å². The van der Waals surface area contributed by atoms with Gasteiger partial charge in [0, 0.05) is 23.7 Å². The molecule has 2 aromatic rings. The molecule has 4 N–H and O–H groups in total. The van der Waals surface area contributed by atoms with Crippen LogP contribution in [0.1, 0.15) is 30.1 Å². The number of hydrogen-bond donors (Lipinski definition) is 4. The number of carboxylic acids is 1. The van der Waals surface area contributed by atoms with Crippen molar-refractivity contribution in [2.45, 2.75) is 24.0 Å². The minimum absolute atomic E-state index is 0. The number of carbonyl (C=O) groups is 1. The molecule has 1 heterocycles. The molecule has 12 nitrogen and oxygen atoms in total. The summed E-state index contributed by atoms with van der Waals surface area (Å²) in [6.07, 6.45) is 0.708. The number of aromatic carboxylic acids is 1. The van der Waals surface area contributed by atoms with Gasteiger partial charge in [-0.1, -0.05) is 13.3 Å². The Balaban J connectivity index is 0. The Bertz CT molecular complexity index is 1110. The number of anilines is 1. The molecule has 0 unspecified atom stereocenters. The van der Waals surface area contributed by atoms with Gasteiger partial charge in [-0.3, -0.25) is 9.11 Å². The summed E-state index contributed by atoms with van der Waals surface area (Å²) in [5.74, 6) is -1.46. The number of hydrogen-bond acceptors (Lipinski definition) is 10. The molecule has 0 spiro atoms. The maximum atomic E-state index is 11.8. The third-order valence-electron chi connectivity index (χ3n) is 3.64. The molecule has 0 saturated heterocycles. The number of nitrogens with zero attached hydrogens (tertiary/aromatic N) is 3. The number of rotatable bonds is 9. The second-order valence-electron chi connectivity index (χ2n) is 5.63. The standard InChI is InChI=1S/C14H16N4O8S3.3Na.3H/c1-2-5-14(28(21,22)23,29(24,25)26)16-9-3-4-11(10(8-9)12(19)20)17-18-13-15-6-7-27-13;;;;;;/h3-4,6-8,16H,2,5H2,1H3,(H,19,20)(H,21,22,23)(H,24,25,26);;;;;;/b18-17+;;;;;;. The number of aromatic nitrogens is 1. The van der Waals surface area contributed by atoms with Crippen LogP contribution in [0.4, 0.5) is 16.5 Å². The van der Waals surface area contributed by atoms with Gasteiger partial charge in [-0.15, -0.1) is 21.6 Å². The molecule has 1 aromatic carbocycles. The Kier molecular flexibility index (Phi) is 15.4. The second-order valence-corrected chi connectivity index (χ2v) is 10.1. The summed E-state index contributed by atoms with van der Waals surface area (Å²) < 4.78 is 63.1. The third-order valence-corrected chi connectivity index (χ3v) is 7.84. The molecule has 0 saturated carbocycles. The van der Waals surface area contributed by atoms with Gasteiger partial charge in [-0.2, -0.15) is 16.8 Å². The second kappa shape index (κ2) is 14.2. The summed E-state index contributed by atoms with van der Waals surface area (Å²) in [5.41, 5.74) is -0.858.